The van der Waals surface area contributed by atoms with Crippen LogP contribution in [0, 0.1) is 5.92 Å². The lowest BCUT2D eigenvalue weighted by Crippen LogP contribution is -2.48. The zero-order valence-electron chi connectivity index (χ0n) is 33.8. The Bertz CT molecular complexity index is 1720. The number of H-pyrrole nitrogens is 1. The number of hydrogen-bond donors (Lipinski definition) is 1. The number of tetrazole rings is 1. The van der Waals surface area contributed by atoms with Gasteiger partial charge in [-0.1, -0.05) is 143 Å². The minimum absolute atomic E-state index is 0.0341. The molecule has 0 aliphatic carbocycles. The topological polar surface area (TPSA) is 127 Å². The van der Waals surface area contributed by atoms with Crippen LogP contribution in [-0.2, 0) is 30.4 Å². The number of esters is 2. The van der Waals surface area contributed by atoms with Crippen molar-refractivity contribution < 1.29 is 23.9 Å². The van der Waals surface area contributed by atoms with Gasteiger partial charge in [0.2, 0.25) is 11.7 Å². The van der Waals surface area contributed by atoms with Gasteiger partial charge in [0.15, 0.2) is 0 Å². The van der Waals surface area contributed by atoms with Gasteiger partial charge in [-0.2, -0.15) is 5.21 Å². The van der Waals surface area contributed by atoms with Gasteiger partial charge in [-0.05, 0) is 79.2 Å². The molecule has 1 atom stereocenters. The summed E-state index contributed by atoms with van der Waals surface area (Å²) in [4.78, 5) is 41.0. The molecule has 1 N–H and O–H groups in total. The smallest absolute Gasteiger partial charge is 0.329 e. The number of nitrogens with one attached hydrogen (secondary N) is 1. The number of ether oxygens (including phenoxy) is 2. The van der Waals surface area contributed by atoms with E-state index in [1.807, 2.05) is 69.3 Å². The number of carbonyl (C=O) groups is 3. The maximum absolute atomic E-state index is 13.5. The summed E-state index contributed by atoms with van der Waals surface area (Å²) in [5, 5.41) is 14.5. The van der Waals surface area contributed by atoms with Crippen LogP contribution in [0.5, 0.6) is 0 Å². The van der Waals surface area contributed by atoms with Crippen molar-refractivity contribution in [2.75, 3.05) is 13.2 Å². The Labute approximate surface area is 333 Å². The van der Waals surface area contributed by atoms with Crippen LogP contribution in [0.3, 0.4) is 0 Å². The molecule has 0 saturated carbocycles. The van der Waals surface area contributed by atoms with Crippen LogP contribution in [-0.4, -0.2) is 62.6 Å². The highest BCUT2D eigenvalue weighted by Crippen LogP contribution is 2.30. The normalized spacial score (nSPS) is 12.5. The third-order valence-corrected chi connectivity index (χ3v) is 8.90. The van der Waals surface area contributed by atoms with Crippen molar-refractivity contribution in [1.82, 2.24) is 25.5 Å². The standard InChI is InChI=1S/C46H61N5O5/c1-5-7-9-10-11-12-13-14-15-16-17-18-19-20-21-22-23-29-43(53)55-34-35-56-46(54)44(37(3)4)51(42(52)28-8-6-2)36-38-30-32-39(33-31-38)40-26-24-25-27-41(40)45-47-49-50-48-45/h7,9,11-12,14-15,17-18,20-21,24-27,30-33,37,44H,5-6,8,10,13,16,19,22-23,28-29,34-36H2,1-4H3,(H,47,48,49,50)/b9-7-,12-11-,15-14-,18-17-,21-20-/t44-/m0/s1. The Morgan fingerprint density at radius 2 is 1.34 bits per heavy atom. The van der Waals surface area contributed by atoms with E-state index in [-0.39, 0.29) is 44.0 Å². The predicted octanol–water partition coefficient (Wildman–Crippen LogP) is 10.1. The van der Waals surface area contributed by atoms with Gasteiger partial charge >= 0.3 is 11.9 Å². The number of carbonyl (C=O) groups excluding carboxylic acids is 3. The molecule has 0 spiro atoms. The second-order valence-corrected chi connectivity index (χ2v) is 13.8. The molecule has 0 aliphatic rings. The van der Waals surface area contributed by atoms with E-state index in [4.69, 9.17) is 9.47 Å². The molecule has 10 nitrogen and oxygen atoms in total. The zero-order chi connectivity index (χ0) is 40.2. The molecule has 2 aromatic carbocycles. The first-order valence-electron chi connectivity index (χ1n) is 20.1. The van der Waals surface area contributed by atoms with E-state index in [2.05, 4.69) is 88.3 Å². The molecule has 56 heavy (non-hydrogen) atoms. The van der Waals surface area contributed by atoms with Crippen LogP contribution in [0.2, 0.25) is 0 Å². The number of rotatable bonds is 26. The highest BCUT2D eigenvalue weighted by Gasteiger charge is 2.33. The van der Waals surface area contributed by atoms with Crippen molar-refractivity contribution >= 4 is 17.8 Å². The first-order valence-corrected chi connectivity index (χ1v) is 20.1. The maximum Gasteiger partial charge on any atom is 0.329 e. The van der Waals surface area contributed by atoms with E-state index >= 15 is 0 Å². The molecule has 0 bridgehead atoms. The fourth-order valence-corrected chi connectivity index (χ4v) is 5.95. The Morgan fingerprint density at radius 1 is 0.732 bits per heavy atom. The minimum atomic E-state index is -0.794. The molecule has 0 unspecified atom stereocenters. The number of unbranched alkanes of at least 4 members (excludes halogenated alkanes) is 2. The van der Waals surface area contributed by atoms with Crippen LogP contribution in [0.4, 0.5) is 0 Å². The summed E-state index contributed by atoms with van der Waals surface area (Å²) in [6.07, 6.45) is 30.1. The molecule has 300 valence electrons. The minimum Gasteiger partial charge on any atom is -0.462 e. The van der Waals surface area contributed by atoms with Gasteiger partial charge in [0.05, 0.1) is 0 Å². The molecule has 1 aromatic heterocycles. The first-order chi connectivity index (χ1) is 27.3. The van der Waals surface area contributed by atoms with Crippen LogP contribution >= 0.6 is 0 Å². The fraction of sp³-hybridized carbons (Fsp3) is 0.435. The van der Waals surface area contributed by atoms with Crippen LogP contribution in [0.1, 0.15) is 104 Å². The second kappa shape index (κ2) is 27.2. The van der Waals surface area contributed by atoms with Crippen molar-refractivity contribution in [1.29, 1.82) is 0 Å². The highest BCUT2D eigenvalue weighted by molar-refractivity contribution is 5.85. The monoisotopic (exact) mass is 763 g/mol. The summed E-state index contributed by atoms with van der Waals surface area (Å²) >= 11 is 0. The van der Waals surface area contributed by atoms with E-state index in [1.165, 1.54) is 0 Å². The van der Waals surface area contributed by atoms with Crippen molar-refractivity contribution in [2.24, 2.45) is 5.92 Å². The number of aromatic nitrogens is 4. The number of allylic oxidation sites excluding steroid dienone is 10. The van der Waals surface area contributed by atoms with Gasteiger partial charge in [0, 0.05) is 24.9 Å². The van der Waals surface area contributed by atoms with Gasteiger partial charge in [-0.15, -0.1) is 10.2 Å². The third kappa shape index (κ3) is 17.0. The quantitative estimate of drug-likeness (QED) is 0.0486. The van der Waals surface area contributed by atoms with Crippen molar-refractivity contribution in [3.8, 4) is 22.5 Å². The fourth-order valence-electron chi connectivity index (χ4n) is 5.95. The summed E-state index contributed by atoms with van der Waals surface area (Å²) in [6, 6.07) is 14.9. The van der Waals surface area contributed by atoms with Crippen molar-refractivity contribution in [2.45, 2.75) is 111 Å². The number of hydrogen-bond acceptors (Lipinski definition) is 8. The molecule has 1 amide bonds. The summed E-state index contributed by atoms with van der Waals surface area (Å²) in [5.74, 6) is -0.637. The first kappa shape index (κ1) is 45.0. The molecular weight excluding hydrogens is 703 g/mol. The number of amides is 1. The van der Waals surface area contributed by atoms with Crippen LogP contribution in [0.25, 0.3) is 22.5 Å². The van der Waals surface area contributed by atoms with E-state index in [0.29, 0.717) is 18.7 Å². The molecule has 0 fully saturated rings. The Morgan fingerprint density at radius 3 is 1.93 bits per heavy atom. The lowest BCUT2D eigenvalue weighted by molar-refractivity contribution is -0.161. The van der Waals surface area contributed by atoms with Gasteiger partial charge in [0.25, 0.3) is 0 Å². The second-order valence-electron chi connectivity index (χ2n) is 13.8. The predicted molar refractivity (Wildman–Crippen MR) is 224 cm³/mol. The maximum atomic E-state index is 13.5. The summed E-state index contributed by atoms with van der Waals surface area (Å²) in [5.41, 5.74) is 3.64. The van der Waals surface area contributed by atoms with E-state index in [1.54, 1.807) is 4.90 Å². The Hall–Kier alpha value is -5.38. The molecule has 3 aromatic rings. The van der Waals surface area contributed by atoms with E-state index in [9.17, 15) is 14.4 Å². The molecule has 10 heteroatoms. The molecular formula is C46H61N5O5. The summed E-state index contributed by atoms with van der Waals surface area (Å²) < 4.78 is 10.9. The molecule has 0 aliphatic heterocycles. The molecule has 0 saturated heterocycles. The summed E-state index contributed by atoms with van der Waals surface area (Å²) in [7, 11) is 0. The van der Waals surface area contributed by atoms with Gasteiger partial charge in [-0.25, -0.2) is 4.79 Å². The Kier molecular flexibility index (Phi) is 21.9. The SMILES string of the molecule is CC/C=C\C/C=C\C/C=C\C/C=C\C/C=C\CCCC(=O)OCCOC(=O)[C@H](C(C)C)N(Cc1ccc(-c2ccccc2-c2nn[nH]n2)cc1)C(=O)CCCC. The van der Waals surface area contributed by atoms with E-state index in [0.717, 1.165) is 73.6 Å². The molecule has 1 heterocycles. The average Bonchev–Trinajstić information content (AvgIpc) is 3.75. The van der Waals surface area contributed by atoms with Gasteiger partial charge in [0.1, 0.15) is 19.3 Å². The van der Waals surface area contributed by atoms with Gasteiger partial charge in [-0.3, -0.25) is 9.59 Å². The Balaban J connectivity index is 1.42. The lowest BCUT2D eigenvalue weighted by atomic mass is 9.97. The number of aromatic amines is 1. The van der Waals surface area contributed by atoms with Crippen LogP contribution in [0.15, 0.2) is 109 Å². The lowest BCUT2D eigenvalue weighted by Gasteiger charge is -2.33. The zero-order valence-corrected chi connectivity index (χ0v) is 33.8. The third-order valence-electron chi connectivity index (χ3n) is 8.90. The van der Waals surface area contributed by atoms with Crippen molar-refractivity contribution in [3.63, 3.8) is 0 Å². The number of benzene rings is 2. The highest BCUT2D eigenvalue weighted by atomic mass is 16.6. The molecule has 0 radical (unpaired) electrons. The summed E-state index contributed by atoms with van der Waals surface area (Å²) in [6.45, 7) is 8.12. The van der Waals surface area contributed by atoms with E-state index < -0.39 is 12.0 Å². The van der Waals surface area contributed by atoms with Crippen molar-refractivity contribution in [3.05, 3.63) is 115 Å². The average molecular weight is 764 g/mol. The largest absolute Gasteiger partial charge is 0.462 e. The number of nitrogens with zero attached hydrogens (tertiary/aromatic N) is 4. The van der Waals surface area contributed by atoms with Crippen LogP contribution < -0.4 is 0 Å². The molecule has 3 rings (SSSR count). The van der Waals surface area contributed by atoms with Gasteiger partial charge < -0.3 is 14.4 Å².